The van der Waals surface area contributed by atoms with Gasteiger partial charge < -0.3 is 10.1 Å². The number of sulfonamides is 1. The Labute approximate surface area is 147 Å². The highest BCUT2D eigenvalue weighted by atomic mass is 32.2. The van der Waals surface area contributed by atoms with Crippen LogP contribution in [0.3, 0.4) is 0 Å². The first-order valence-corrected chi connectivity index (χ1v) is 9.53. The summed E-state index contributed by atoms with van der Waals surface area (Å²) in [6.07, 6.45) is 1.07. The molecule has 1 aromatic carbocycles. The fourth-order valence-corrected chi connectivity index (χ4v) is 2.99. The summed E-state index contributed by atoms with van der Waals surface area (Å²) in [5.74, 6) is 0.898. The minimum atomic E-state index is -3.32. The summed E-state index contributed by atoms with van der Waals surface area (Å²) in [5, 5.41) is 7.18. The van der Waals surface area contributed by atoms with Gasteiger partial charge >= 0.3 is 0 Å². The molecule has 8 nitrogen and oxygen atoms in total. The van der Waals surface area contributed by atoms with Crippen molar-refractivity contribution in [3.63, 3.8) is 0 Å². The van der Waals surface area contributed by atoms with Gasteiger partial charge in [-0.3, -0.25) is 9.48 Å². The Morgan fingerprint density at radius 1 is 1.32 bits per heavy atom. The number of ether oxygens (including phenoxy) is 1. The van der Waals surface area contributed by atoms with E-state index in [2.05, 4.69) is 15.1 Å². The summed E-state index contributed by atoms with van der Waals surface area (Å²) in [5.41, 5.74) is 2.33. The summed E-state index contributed by atoms with van der Waals surface area (Å²) in [6, 6.07) is 7.47. The number of nitrogens with one attached hydrogen (secondary N) is 2. The zero-order valence-electron chi connectivity index (χ0n) is 14.7. The van der Waals surface area contributed by atoms with Gasteiger partial charge in [0.25, 0.3) is 0 Å². The Bertz CT molecular complexity index is 874. The third-order valence-electron chi connectivity index (χ3n) is 3.57. The number of aromatic nitrogens is 2. The molecule has 0 fully saturated rings. The van der Waals surface area contributed by atoms with Crippen LogP contribution in [0.2, 0.25) is 0 Å². The number of carbonyl (C=O) groups is 1. The van der Waals surface area contributed by atoms with Crippen molar-refractivity contribution in [3.05, 3.63) is 30.0 Å². The quantitative estimate of drug-likeness (QED) is 0.768. The first-order chi connectivity index (χ1) is 11.7. The number of anilines is 1. The van der Waals surface area contributed by atoms with E-state index >= 15 is 0 Å². The lowest BCUT2D eigenvalue weighted by Gasteiger charge is -2.12. The van der Waals surface area contributed by atoms with E-state index < -0.39 is 10.0 Å². The van der Waals surface area contributed by atoms with Crippen molar-refractivity contribution in [1.29, 1.82) is 0 Å². The third kappa shape index (κ3) is 4.80. The van der Waals surface area contributed by atoms with Crippen molar-refractivity contribution in [3.8, 4) is 16.9 Å². The van der Waals surface area contributed by atoms with E-state index in [4.69, 9.17) is 4.74 Å². The zero-order valence-corrected chi connectivity index (χ0v) is 15.5. The molecule has 9 heteroatoms. The van der Waals surface area contributed by atoms with Gasteiger partial charge in [0.2, 0.25) is 15.9 Å². The number of benzene rings is 1. The minimum Gasteiger partial charge on any atom is -0.496 e. The standard InChI is InChI=1S/C16H22N4O4S/c1-11-15(12-7-5-6-8-13(12)24-3)16(20(2)19-11)18-14(21)9-10-17-25(4,22)23/h5-8,17H,9-10H2,1-4H3,(H,18,21). The average molecular weight is 366 g/mol. The van der Waals surface area contributed by atoms with Gasteiger partial charge in [0.15, 0.2) is 0 Å². The second kappa shape index (κ2) is 7.66. The van der Waals surface area contributed by atoms with Crippen LogP contribution in [0, 0.1) is 6.92 Å². The zero-order chi connectivity index (χ0) is 18.6. The van der Waals surface area contributed by atoms with Crippen molar-refractivity contribution >= 4 is 21.7 Å². The third-order valence-corrected chi connectivity index (χ3v) is 4.30. The number of methoxy groups -OCH3 is 1. The van der Waals surface area contributed by atoms with Gasteiger partial charge in [-0.1, -0.05) is 18.2 Å². The minimum absolute atomic E-state index is 0.0165. The number of amides is 1. The molecule has 0 unspecified atom stereocenters. The molecule has 0 radical (unpaired) electrons. The molecule has 2 N–H and O–H groups in total. The van der Waals surface area contributed by atoms with Crippen molar-refractivity contribution in [2.24, 2.45) is 7.05 Å². The highest BCUT2D eigenvalue weighted by Crippen LogP contribution is 2.37. The number of aryl methyl sites for hydroxylation is 2. The van der Waals surface area contributed by atoms with Gasteiger partial charge in [-0.05, 0) is 13.0 Å². The number of nitrogens with zero attached hydrogens (tertiary/aromatic N) is 2. The molecule has 0 aliphatic rings. The number of hydrogen-bond donors (Lipinski definition) is 2. The van der Waals surface area contributed by atoms with Crippen LogP contribution >= 0.6 is 0 Å². The molecular weight excluding hydrogens is 344 g/mol. The van der Waals surface area contributed by atoms with Crippen molar-refractivity contribution < 1.29 is 17.9 Å². The topological polar surface area (TPSA) is 102 Å². The van der Waals surface area contributed by atoms with Crippen LogP contribution in [-0.2, 0) is 21.9 Å². The van der Waals surface area contributed by atoms with Crippen LogP contribution in [0.25, 0.3) is 11.1 Å². The number of hydrogen-bond acceptors (Lipinski definition) is 5. The Balaban J connectivity index is 2.26. The molecule has 1 aromatic heterocycles. The van der Waals surface area contributed by atoms with E-state index in [1.165, 1.54) is 0 Å². The second-order valence-electron chi connectivity index (χ2n) is 5.60. The van der Waals surface area contributed by atoms with E-state index in [9.17, 15) is 13.2 Å². The van der Waals surface area contributed by atoms with Gasteiger partial charge in [0.1, 0.15) is 11.6 Å². The second-order valence-corrected chi connectivity index (χ2v) is 7.43. The van der Waals surface area contributed by atoms with E-state index in [1.807, 2.05) is 31.2 Å². The maximum atomic E-state index is 12.2. The summed E-state index contributed by atoms with van der Waals surface area (Å²) in [7, 11) is -0.00553. The lowest BCUT2D eigenvalue weighted by atomic mass is 10.0. The molecule has 0 bridgehead atoms. The molecule has 1 amide bonds. The average Bonchev–Trinajstić information content (AvgIpc) is 2.79. The molecule has 1 heterocycles. The smallest absolute Gasteiger partial charge is 0.226 e. The predicted octanol–water partition coefficient (Wildman–Crippen LogP) is 1.28. The van der Waals surface area contributed by atoms with Gasteiger partial charge in [-0.25, -0.2) is 13.1 Å². The lowest BCUT2D eigenvalue weighted by Crippen LogP contribution is -2.27. The van der Waals surface area contributed by atoms with Crippen molar-refractivity contribution in [1.82, 2.24) is 14.5 Å². The van der Waals surface area contributed by atoms with Crippen LogP contribution in [0.5, 0.6) is 5.75 Å². The Morgan fingerprint density at radius 2 is 2.00 bits per heavy atom. The predicted molar refractivity (Wildman–Crippen MR) is 96.0 cm³/mol. The molecule has 0 saturated carbocycles. The maximum Gasteiger partial charge on any atom is 0.226 e. The normalized spacial score (nSPS) is 11.4. The van der Waals surface area contributed by atoms with E-state index in [0.29, 0.717) is 11.6 Å². The van der Waals surface area contributed by atoms with E-state index in [1.54, 1.807) is 18.8 Å². The lowest BCUT2D eigenvalue weighted by molar-refractivity contribution is -0.116. The maximum absolute atomic E-state index is 12.2. The van der Waals surface area contributed by atoms with Gasteiger partial charge in [0.05, 0.1) is 24.6 Å². The fourth-order valence-electron chi connectivity index (χ4n) is 2.52. The van der Waals surface area contributed by atoms with Crippen LogP contribution in [-0.4, -0.2) is 44.0 Å². The van der Waals surface area contributed by atoms with Crippen molar-refractivity contribution in [2.45, 2.75) is 13.3 Å². The van der Waals surface area contributed by atoms with Crippen LogP contribution in [0.15, 0.2) is 24.3 Å². The molecular formula is C16H22N4O4S. The Hall–Kier alpha value is -2.39. The molecule has 2 rings (SSSR count). The number of carbonyl (C=O) groups excluding carboxylic acids is 1. The Morgan fingerprint density at radius 3 is 2.64 bits per heavy atom. The summed E-state index contributed by atoms with van der Waals surface area (Å²) in [6.45, 7) is 1.88. The molecule has 0 atom stereocenters. The molecule has 0 saturated heterocycles. The molecule has 0 spiro atoms. The van der Waals surface area contributed by atoms with Gasteiger partial charge in [0, 0.05) is 25.6 Å². The SMILES string of the molecule is COc1ccccc1-c1c(C)nn(C)c1NC(=O)CCNS(C)(=O)=O. The summed E-state index contributed by atoms with van der Waals surface area (Å²) < 4.78 is 31.4. The molecule has 25 heavy (non-hydrogen) atoms. The van der Waals surface area contributed by atoms with E-state index in [-0.39, 0.29) is 18.9 Å². The highest BCUT2D eigenvalue weighted by Gasteiger charge is 2.20. The highest BCUT2D eigenvalue weighted by molar-refractivity contribution is 7.88. The molecule has 0 aliphatic carbocycles. The first-order valence-electron chi connectivity index (χ1n) is 7.64. The monoisotopic (exact) mass is 366 g/mol. The number of para-hydroxylation sites is 1. The summed E-state index contributed by atoms with van der Waals surface area (Å²) >= 11 is 0. The largest absolute Gasteiger partial charge is 0.496 e. The Kier molecular flexibility index (Phi) is 5.81. The van der Waals surface area contributed by atoms with Gasteiger partial charge in [-0.15, -0.1) is 0 Å². The van der Waals surface area contributed by atoms with Crippen LogP contribution in [0.4, 0.5) is 5.82 Å². The van der Waals surface area contributed by atoms with E-state index in [0.717, 1.165) is 23.1 Å². The fraction of sp³-hybridized carbons (Fsp3) is 0.375. The van der Waals surface area contributed by atoms with Crippen molar-refractivity contribution in [2.75, 3.05) is 25.2 Å². The number of rotatable bonds is 7. The summed E-state index contributed by atoms with van der Waals surface area (Å²) in [4.78, 5) is 12.2. The molecule has 2 aromatic rings. The van der Waals surface area contributed by atoms with Gasteiger partial charge in [-0.2, -0.15) is 5.10 Å². The van der Waals surface area contributed by atoms with Crippen LogP contribution in [0.1, 0.15) is 12.1 Å². The molecule has 136 valence electrons. The first kappa shape index (κ1) is 18.9. The molecule has 0 aliphatic heterocycles. The van der Waals surface area contributed by atoms with Crippen LogP contribution < -0.4 is 14.8 Å².